The molecule has 6 heteroatoms. The minimum atomic E-state index is -0.495. The Kier molecular flexibility index (Phi) is 4.23. The average Bonchev–Trinajstić information content (AvgIpc) is 2.92. The molecule has 1 aliphatic carbocycles. The lowest BCUT2D eigenvalue weighted by Crippen LogP contribution is -2.63. The molecule has 1 saturated heterocycles. The first-order valence-corrected chi connectivity index (χ1v) is 9.38. The minimum absolute atomic E-state index is 0.00850. The van der Waals surface area contributed by atoms with Crippen LogP contribution in [0.4, 0.5) is 5.69 Å². The smallest absolute Gasteiger partial charge is 0.226 e. The molecular weight excluding hydrogens is 328 g/mol. The van der Waals surface area contributed by atoms with Gasteiger partial charge in [-0.3, -0.25) is 15.5 Å². The maximum absolute atomic E-state index is 12.5. The van der Waals surface area contributed by atoms with Crippen molar-refractivity contribution in [3.63, 3.8) is 0 Å². The molecule has 4 rings (SSSR count). The quantitative estimate of drug-likeness (QED) is 0.657. The van der Waals surface area contributed by atoms with Crippen molar-refractivity contribution in [2.24, 2.45) is 5.92 Å². The van der Waals surface area contributed by atoms with Gasteiger partial charge < -0.3 is 15.3 Å². The molecule has 2 fully saturated rings. The third-order valence-corrected chi connectivity index (χ3v) is 6.00. The number of nitrogens with one attached hydrogen (secondary N) is 3. The Bertz CT molecular complexity index is 801. The lowest BCUT2D eigenvalue weighted by atomic mass is 9.82. The second-order valence-corrected chi connectivity index (χ2v) is 7.67. The standard InChI is InChI=1S/C20H26N4O2/c1-11-7-8-13(9-12(11)2)24-10-16(25)17(18(24)21)19-22-15-6-4-3-5-14(15)20(26)23-19/h7-9,14-15,19,21-22,25H,3-6,10H2,1-2H3,(H,23,26). The minimum Gasteiger partial charge on any atom is -0.510 e. The molecule has 3 unspecified atom stereocenters. The molecule has 1 aromatic carbocycles. The van der Waals surface area contributed by atoms with Crippen LogP contribution in [0, 0.1) is 25.2 Å². The van der Waals surface area contributed by atoms with E-state index in [4.69, 9.17) is 5.41 Å². The lowest BCUT2D eigenvalue weighted by molar-refractivity contribution is -0.130. The van der Waals surface area contributed by atoms with E-state index in [2.05, 4.69) is 17.6 Å². The van der Waals surface area contributed by atoms with Gasteiger partial charge in [0, 0.05) is 11.7 Å². The molecule has 1 amide bonds. The summed E-state index contributed by atoms with van der Waals surface area (Å²) in [6.45, 7) is 4.36. The van der Waals surface area contributed by atoms with Crippen LogP contribution in [0.3, 0.4) is 0 Å². The van der Waals surface area contributed by atoms with Gasteiger partial charge in [0.15, 0.2) is 0 Å². The molecule has 4 N–H and O–H groups in total. The SMILES string of the molecule is Cc1ccc(N2CC(O)=C(C3NC(=O)C4CCCCC4N3)C2=N)cc1C. The van der Waals surface area contributed by atoms with Gasteiger partial charge in [-0.25, -0.2) is 0 Å². The summed E-state index contributed by atoms with van der Waals surface area (Å²) in [5, 5.41) is 25.6. The molecule has 26 heavy (non-hydrogen) atoms. The number of carbonyl (C=O) groups is 1. The first-order chi connectivity index (χ1) is 12.5. The predicted octanol–water partition coefficient (Wildman–Crippen LogP) is 2.52. The number of amidine groups is 1. The van der Waals surface area contributed by atoms with Gasteiger partial charge in [-0.05, 0) is 49.9 Å². The van der Waals surface area contributed by atoms with Crippen LogP contribution in [0.1, 0.15) is 36.8 Å². The molecule has 138 valence electrons. The monoisotopic (exact) mass is 354 g/mol. The van der Waals surface area contributed by atoms with E-state index in [9.17, 15) is 9.90 Å². The van der Waals surface area contributed by atoms with Gasteiger partial charge in [-0.2, -0.15) is 0 Å². The number of fused-ring (bicyclic) bond motifs is 1. The summed E-state index contributed by atoms with van der Waals surface area (Å²) in [4.78, 5) is 14.3. The number of amides is 1. The fourth-order valence-electron chi connectivity index (χ4n) is 4.32. The van der Waals surface area contributed by atoms with Gasteiger partial charge in [0.25, 0.3) is 0 Å². The average molecular weight is 354 g/mol. The van der Waals surface area contributed by atoms with Crippen LogP contribution >= 0.6 is 0 Å². The topological polar surface area (TPSA) is 88.4 Å². The fraction of sp³-hybridized carbons (Fsp3) is 0.500. The molecule has 0 aromatic heterocycles. The number of hydrogen-bond donors (Lipinski definition) is 4. The number of aryl methyl sites for hydroxylation is 2. The van der Waals surface area contributed by atoms with E-state index in [1.54, 1.807) is 4.90 Å². The number of aliphatic hydroxyl groups is 1. The van der Waals surface area contributed by atoms with Gasteiger partial charge in [0.2, 0.25) is 5.91 Å². The van der Waals surface area contributed by atoms with E-state index >= 15 is 0 Å². The highest BCUT2D eigenvalue weighted by Gasteiger charge is 2.42. The number of nitrogens with zero attached hydrogens (tertiary/aromatic N) is 1. The molecule has 2 heterocycles. The summed E-state index contributed by atoms with van der Waals surface area (Å²) in [7, 11) is 0. The number of carbonyl (C=O) groups excluding carboxylic acids is 1. The zero-order chi connectivity index (χ0) is 18.4. The third kappa shape index (κ3) is 2.78. The lowest BCUT2D eigenvalue weighted by Gasteiger charge is -2.40. The van der Waals surface area contributed by atoms with Crippen molar-refractivity contribution in [1.82, 2.24) is 10.6 Å². The van der Waals surface area contributed by atoms with Crippen LogP contribution in [0.25, 0.3) is 0 Å². The summed E-state index contributed by atoms with van der Waals surface area (Å²) < 4.78 is 0. The number of hydrogen-bond acceptors (Lipinski definition) is 4. The molecule has 1 saturated carbocycles. The van der Waals surface area contributed by atoms with E-state index in [0.29, 0.717) is 5.57 Å². The molecule has 3 aliphatic rings. The van der Waals surface area contributed by atoms with Gasteiger partial charge in [-0.1, -0.05) is 18.9 Å². The van der Waals surface area contributed by atoms with Crippen LogP contribution in [-0.2, 0) is 4.79 Å². The second-order valence-electron chi connectivity index (χ2n) is 7.67. The number of anilines is 1. The van der Waals surface area contributed by atoms with Gasteiger partial charge >= 0.3 is 0 Å². The molecular formula is C20H26N4O2. The van der Waals surface area contributed by atoms with Crippen molar-refractivity contribution in [3.05, 3.63) is 40.7 Å². The zero-order valence-corrected chi connectivity index (χ0v) is 15.3. The molecule has 6 nitrogen and oxygen atoms in total. The van der Waals surface area contributed by atoms with Crippen LogP contribution in [-0.4, -0.2) is 35.6 Å². The van der Waals surface area contributed by atoms with E-state index in [0.717, 1.165) is 36.9 Å². The number of benzene rings is 1. The molecule has 3 atom stereocenters. The van der Waals surface area contributed by atoms with Gasteiger partial charge in [-0.15, -0.1) is 0 Å². The van der Waals surface area contributed by atoms with E-state index in [-0.39, 0.29) is 36.0 Å². The Labute approximate surface area is 153 Å². The summed E-state index contributed by atoms with van der Waals surface area (Å²) in [5.41, 5.74) is 3.72. The van der Waals surface area contributed by atoms with Crippen LogP contribution < -0.4 is 15.5 Å². The van der Waals surface area contributed by atoms with Crippen molar-refractivity contribution in [1.29, 1.82) is 5.41 Å². The van der Waals surface area contributed by atoms with E-state index in [1.807, 2.05) is 25.1 Å². The Morgan fingerprint density at radius 1 is 1.19 bits per heavy atom. The molecule has 1 aromatic rings. The van der Waals surface area contributed by atoms with E-state index < -0.39 is 6.17 Å². The summed E-state index contributed by atoms with van der Waals surface area (Å²) in [5.74, 6) is 0.448. The Morgan fingerprint density at radius 3 is 2.73 bits per heavy atom. The molecule has 2 aliphatic heterocycles. The second kappa shape index (κ2) is 6.43. The van der Waals surface area contributed by atoms with Crippen LogP contribution in [0.5, 0.6) is 0 Å². The first kappa shape index (κ1) is 17.1. The summed E-state index contributed by atoms with van der Waals surface area (Å²) in [6.07, 6.45) is 3.59. The maximum Gasteiger partial charge on any atom is 0.226 e. The highest BCUT2D eigenvalue weighted by molar-refractivity contribution is 6.12. The highest BCUT2D eigenvalue weighted by atomic mass is 16.3. The van der Waals surface area contributed by atoms with Crippen molar-refractivity contribution < 1.29 is 9.90 Å². The van der Waals surface area contributed by atoms with Crippen molar-refractivity contribution >= 4 is 17.4 Å². The fourth-order valence-corrected chi connectivity index (χ4v) is 4.32. The van der Waals surface area contributed by atoms with Crippen molar-refractivity contribution in [3.8, 4) is 0 Å². The third-order valence-electron chi connectivity index (χ3n) is 6.00. The van der Waals surface area contributed by atoms with Gasteiger partial charge in [0.05, 0.1) is 18.0 Å². The van der Waals surface area contributed by atoms with Gasteiger partial charge in [0.1, 0.15) is 17.8 Å². The molecule has 0 spiro atoms. The first-order valence-electron chi connectivity index (χ1n) is 9.38. The normalized spacial score (nSPS) is 29.0. The Morgan fingerprint density at radius 2 is 1.96 bits per heavy atom. The molecule has 0 bridgehead atoms. The number of rotatable bonds is 2. The van der Waals surface area contributed by atoms with E-state index in [1.165, 1.54) is 5.56 Å². The number of aliphatic hydroxyl groups excluding tert-OH is 1. The maximum atomic E-state index is 12.5. The van der Waals surface area contributed by atoms with Crippen LogP contribution in [0.15, 0.2) is 29.5 Å². The zero-order valence-electron chi connectivity index (χ0n) is 15.3. The Hall–Kier alpha value is -2.34. The largest absolute Gasteiger partial charge is 0.510 e. The predicted molar refractivity (Wildman–Crippen MR) is 101 cm³/mol. The van der Waals surface area contributed by atoms with Crippen molar-refractivity contribution in [2.75, 3.05) is 11.4 Å². The summed E-state index contributed by atoms with van der Waals surface area (Å²) >= 11 is 0. The molecule has 0 radical (unpaired) electrons. The van der Waals surface area contributed by atoms with Crippen LogP contribution in [0.2, 0.25) is 0 Å². The summed E-state index contributed by atoms with van der Waals surface area (Å²) in [6, 6.07) is 6.16. The Balaban J connectivity index is 1.57. The highest BCUT2D eigenvalue weighted by Crippen LogP contribution is 2.32. The van der Waals surface area contributed by atoms with Crippen molar-refractivity contribution in [2.45, 2.75) is 51.7 Å².